The Morgan fingerprint density at radius 2 is 2.46 bits per heavy atom. The summed E-state index contributed by atoms with van der Waals surface area (Å²) in [7, 11) is 0. The van der Waals surface area contributed by atoms with E-state index in [0.717, 1.165) is 19.0 Å². The summed E-state index contributed by atoms with van der Waals surface area (Å²) in [6.45, 7) is 2.07. The molecule has 3 nitrogen and oxygen atoms in total. The highest BCUT2D eigenvalue weighted by Gasteiger charge is 2.15. The van der Waals surface area contributed by atoms with Gasteiger partial charge in [0.2, 0.25) is 0 Å². The van der Waals surface area contributed by atoms with Crippen molar-refractivity contribution < 1.29 is 0 Å². The second-order valence-electron chi connectivity index (χ2n) is 3.84. The minimum Gasteiger partial charge on any atom is -0.347 e. The van der Waals surface area contributed by atoms with Crippen molar-refractivity contribution in [2.45, 2.75) is 32.2 Å². The number of H-pyrrole nitrogens is 1. The number of hydrogen-bond acceptors (Lipinski definition) is 2. The van der Waals surface area contributed by atoms with E-state index in [-0.39, 0.29) is 0 Å². The number of imidazole rings is 1. The number of aromatic nitrogens is 2. The molecule has 0 amide bonds. The number of rotatable bonds is 5. The van der Waals surface area contributed by atoms with Gasteiger partial charge in [0.05, 0.1) is 6.33 Å². The average Bonchev–Trinajstić information content (AvgIpc) is 2.53. The third-order valence-corrected chi connectivity index (χ3v) is 2.82. The maximum absolute atomic E-state index is 3.97. The fourth-order valence-electron chi connectivity index (χ4n) is 1.69. The first-order valence-corrected chi connectivity index (χ1v) is 5.13. The maximum Gasteiger partial charge on any atom is 0.0922 e. The molecule has 1 saturated carbocycles. The second-order valence-corrected chi connectivity index (χ2v) is 3.84. The summed E-state index contributed by atoms with van der Waals surface area (Å²) >= 11 is 0. The van der Waals surface area contributed by atoms with Crippen molar-refractivity contribution in [1.29, 1.82) is 0 Å². The van der Waals surface area contributed by atoms with Gasteiger partial charge in [-0.25, -0.2) is 4.98 Å². The van der Waals surface area contributed by atoms with E-state index >= 15 is 0 Å². The van der Waals surface area contributed by atoms with Gasteiger partial charge in [0.15, 0.2) is 0 Å². The summed E-state index contributed by atoms with van der Waals surface area (Å²) < 4.78 is 0. The Balaban J connectivity index is 1.53. The lowest BCUT2D eigenvalue weighted by Gasteiger charge is -2.25. The zero-order valence-corrected chi connectivity index (χ0v) is 7.92. The fourth-order valence-corrected chi connectivity index (χ4v) is 1.69. The van der Waals surface area contributed by atoms with E-state index in [0.29, 0.717) is 0 Å². The lowest BCUT2D eigenvalue weighted by atomic mass is 9.83. The van der Waals surface area contributed by atoms with Crippen LogP contribution in [0.4, 0.5) is 0 Å². The minimum atomic E-state index is 0.923. The van der Waals surface area contributed by atoms with Crippen molar-refractivity contribution in [3.05, 3.63) is 18.2 Å². The Labute approximate surface area is 79.0 Å². The van der Waals surface area contributed by atoms with Crippen LogP contribution in [0.25, 0.3) is 0 Å². The van der Waals surface area contributed by atoms with Gasteiger partial charge in [0.25, 0.3) is 0 Å². The van der Waals surface area contributed by atoms with Crippen LogP contribution in [-0.4, -0.2) is 16.5 Å². The molecular formula is C10H17N3. The van der Waals surface area contributed by atoms with Crippen molar-refractivity contribution in [2.24, 2.45) is 5.92 Å². The zero-order chi connectivity index (χ0) is 8.93. The van der Waals surface area contributed by atoms with E-state index in [2.05, 4.69) is 15.3 Å². The monoisotopic (exact) mass is 179 g/mol. The molecule has 0 spiro atoms. The lowest BCUT2D eigenvalue weighted by molar-refractivity contribution is 0.292. The highest BCUT2D eigenvalue weighted by atomic mass is 14.9. The molecule has 0 bridgehead atoms. The molecule has 0 atom stereocenters. The SMILES string of the molecule is c1ncc(CNCCC2CCC2)[nH]1. The molecule has 0 aromatic carbocycles. The Morgan fingerprint density at radius 1 is 1.54 bits per heavy atom. The van der Waals surface area contributed by atoms with Crippen molar-refractivity contribution in [3.8, 4) is 0 Å². The second kappa shape index (κ2) is 4.42. The summed E-state index contributed by atoms with van der Waals surface area (Å²) in [5.74, 6) is 1.01. The van der Waals surface area contributed by atoms with E-state index in [1.54, 1.807) is 6.33 Å². The Bertz CT molecular complexity index is 226. The lowest BCUT2D eigenvalue weighted by Crippen LogP contribution is -2.21. The van der Waals surface area contributed by atoms with Crippen LogP contribution >= 0.6 is 0 Å². The number of nitrogens with zero attached hydrogens (tertiary/aromatic N) is 1. The van der Waals surface area contributed by atoms with Crippen LogP contribution in [0.5, 0.6) is 0 Å². The third-order valence-electron chi connectivity index (χ3n) is 2.82. The zero-order valence-electron chi connectivity index (χ0n) is 7.92. The first kappa shape index (κ1) is 8.75. The van der Waals surface area contributed by atoms with Crippen LogP contribution in [0, 0.1) is 5.92 Å². The molecule has 0 radical (unpaired) electrons. The molecule has 1 aromatic rings. The minimum absolute atomic E-state index is 0.923. The number of aromatic amines is 1. The Hall–Kier alpha value is -0.830. The molecule has 13 heavy (non-hydrogen) atoms. The predicted molar refractivity (Wildman–Crippen MR) is 52.3 cm³/mol. The van der Waals surface area contributed by atoms with Gasteiger partial charge in [-0.2, -0.15) is 0 Å². The maximum atomic E-state index is 3.97. The number of nitrogens with one attached hydrogen (secondary N) is 2. The number of hydrogen-bond donors (Lipinski definition) is 2. The first-order valence-electron chi connectivity index (χ1n) is 5.13. The first-order chi connectivity index (χ1) is 6.45. The van der Waals surface area contributed by atoms with Crippen LogP contribution in [0.1, 0.15) is 31.4 Å². The molecule has 2 N–H and O–H groups in total. The highest BCUT2D eigenvalue weighted by Crippen LogP contribution is 2.28. The van der Waals surface area contributed by atoms with Gasteiger partial charge in [-0.05, 0) is 18.9 Å². The third kappa shape index (κ3) is 2.56. The predicted octanol–water partition coefficient (Wildman–Crippen LogP) is 1.69. The van der Waals surface area contributed by atoms with Crippen molar-refractivity contribution >= 4 is 0 Å². The Kier molecular flexibility index (Phi) is 2.98. The van der Waals surface area contributed by atoms with E-state index in [1.807, 2.05) is 6.20 Å². The Morgan fingerprint density at radius 3 is 3.08 bits per heavy atom. The molecule has 1 heterocycles. The standard InChI is InChI=1S/C10H17N3/c1-2-9(3-1)4-5-11-6-10-7-12-8-13-10/h7-9,11H,1-6H2,(H,12,13). The molecule has 1 aliphatic carbocycles. The molecule has 2 rings (SSSR count). The van der Waals surface area contributed by atoms with Gasteiger partial charge >= 0.3 is 0 Å². The summed E-state index contributed by atoms with van der Waals surface area (Å²) in [5, 5.41) is 3.42. The molecule has 1 aromatic heterocycles. The summed E-state index contributed by atoms with van der Waals surface area (Å²) in [5.41, 5.74) is 1.17. The average molecular weight is 179 g/mol. The van der Waals surface area contributed by atoms with E-state index in [9.17, 15) is 0 Å². The summed E-state index contributed by atoms with van der Waals surface area (Å²) in [4.78, 5) is 7.05. The summed E-state index contributed by atoms with van der Waals surface area (Å²) in [6, 6.07) is 0. The van der Waals surface area contributed by atoms with Crippen LogP contribution < -0.4 is 5.32 Å². The van der Waals surface area contributed by atoms with Gasteiger partial charge in [-0.1, -0.05) is 19.3 Å². The van der Waals surface area contributed by atoms with Crippen molar-refractivity contribution in [1.82, 2.24) is 15.3 Å². The fraction of sp³-hybridized carbons (Fsp3) is 0.700. The van der Waals surface area contributed by atoms with E-state index in [1.165, 1.54) is 31.4 Å². The smallest absolute Gasteiger partial charge is 0.0922 e. The molecular weight excluding hydrogens is 162 g/mol. The van der Waals surface area contributed by atoms with Gasteiger partial charge in [0.1, 0.15) is 0 Å². The van der Waals surface area contributed by atoms with Crippen LogP contribution in [0.2, 0.25) is 0 Å². The van der Waals surface area contributed by atoms with E-state index < -0.39 is 0 Å². The topological polar surface area (TPSA) is 40.7 Å². The van der Waals surface area contributed by atoms with Crippen LogP contribution in [0.15, 0.2) is 12.5 Å². The quantitative estimate of drug-likeness (QED) is 0.675. The molecule has 1 fully saturated rings. The van der Waals surface area contributed by atoms with Crippen LogP contribution in [-0.2, 0) is 6.54 Å². The van der Waals surface area contributed by atoms with Crippen molar-refractivity contribution in [3.63, 3.8) is 0 Å². The highest BCUT2D eigenvalue weighted by molar-refractivity contribution is 4.92. The largest absolute Gasteiger partial charge is 0.347 e. The molecule has 3 heteroatoms. The summed E-state index contributed by atoms with van der Waals surface area (Å²) in [6.07, 6.45) is 9.29. The molecule has 0 aliphatic heterocycles. The van der Waals surface area contributed by atoms with Gasteiger partial charge < -0.3 is 10.3 Å². The normalized spacial score (nSPS) is 17.2. The van der Waals surface area contributed by atoms with Crippen molar-refractivity contribution in [2.75, 3.05) is 6.54 Å². The molecule has 1 aliphatic rings. The molecule has 0 unspecified atom stereocenters. The van der Waals surface area contributed by atoms with Crippen LogP contribution in [0.3, 0.4) is 0 Å². The van der Waals surface area contributed by atoms with Gasteiger partial charge in [0, 0.05) is 18.4 Å². The van der Waals surface area contributed by atoms with Gasteiger partial charge in [-0.3, -0.25) is 0 Å². The van der Waals surface area contributed by atoms with E-state index in [4.69, 9.17) is 0 Å². The molecule has 72 valence electrons. The van der Waals surface area contributed by atoms with Gasteiger partial charge in [-0.15, -0.1) is 0 Å². The molecule has 0 saturated heterocycles.